The molecule has 21 heavy (non-hydrogen) atoms. The van der Waals surface area contributed by atoms with Crippen LogP contribution in [0.5, 0.6) is 0 Å². The summed E-state index contributed by atoms with van der Waals surface area (Å²) in [5, 5.41) is 0.947. The third-order valence-electron chi connectivity index (χ3n) is 4.22. The number of aromatic nitrogens is 4. The van der Waals surface area contributed by atoms with Crippen LogP contribution in [0.15, 0.2) is 36.9 Å². The van der Waals surface area contributed by atoms with Gasteiger partial charge in [-0.1, -0.05) is 6.92 Å². The Morgan fingerprint density at radius 2 is 1.81 bits per heavy atom. The fourth-order valence-electron chi connectivity index (χ4n) is 2.66. The third kappa shape index (κ3) is 1.93. The van der Waals surface area contributed by atoms with E-state index < -0.39 is 0 Å². The molecule has 0 radical (unpaired) electrons. The van der Waals surface area contributed by atoms with Crippen LogP contribution >= 0.6 is 0 Å². The molecule has 2 N–H and O–H groups in total. The quantitative estimate of drug-likeness (QED) is 0.779. The maximum Gasteiger partial charge on any atom is 0.162 e. The van der Waals surface area contributed by atoms with Gasteiger partial charge in [0.25, 0.3) is 0 Å². The molecule has 3 aromatic rings. The predicted molar refractivity (Wildman–Crippen MR) is 81.6 cm³/mol. The summed E-state index contributed by atoms with van der Waals surface area (Å²) >= 11 is 0. The molecule has 0 atom stereocenters. The van der Waals surface area contributed by atoms with Gasteiger partial charge < -0.3 is 5.73 Å². The normalized spacial score (nSPS) is 16.0. The molecule has 0 aliphatic heterocycles. The lowest BCUT2D eigenvalue weighted by molar-refractivity contribution is 0.790. The van der Waals surface area contributed by atoms with Gasteiger partial charge in [-0.2, -0.15) is 0 Å². The molecule has 1 aliphatic carbocycles. The molecule has 0 saturated heterocycles. The Balaban J connectivity index is 1.96. The molecule has 3 heterocycles. The van der Waals surface area contributed by atoms with Crippen LogP contribution in [0.25, 0.3) is 22.3 Å². The van der Waals surface area contributed by atoms with Gasteiger partial charge in [-0.3, -0.25) is 9.97 Å². The van der Waals surface area contributed by atoms with Crippen LogP contribution in [0.4, 0.5) is 5.82 Å². The lowest BCUT2D eigenvalue weighted by atomic mass is 9.96. The first-order valence-electron chi connectivity index (χ1n) is 6.99. The molecule has 104 valence electrons. The lowest BCUT2D eigenvalue weighted by Gasteiger charge is -2.13. The smallest absolute Gasteiger partial charge is 0.162 e. The van der Waals surface area contributed by atoms with Crippen LogP contribution < -0.4 is 5.73 Å². The first-order valence-corrected chi connectivity index (χ1v) is 6.99. The number of hydrogen-bond donors (Lipinski definition) is 1. The van der Waals surface area contributed by atoms with E-state index in [9.17, 15) is 0 Å². The summed E-state index contributed by atoms with van der Waals surface area (Å²) in [5.41, 5.74) is 9.28. The average Bonchev–Trinajstić information content (AvgIpc) is 3.26. The minimum absolute atomic E-state index is 0.183. The number of anilines is 1. The third-order valence-corrected chi connectivity index (χ3v) is 4.22. The van der Waals surface area contributed by atoms with Crippen LogP contribution in [0.1, 0.15) is 25.3 Å². The molecule has 1 aliphatic rings. The van der Waals surface area contributed by atoms with E-state index in [-0.39, 0.29) is 5.41 Å². The fraction of sp³-hybridized carbons (Fsp3) is 0.250. The Kier molecular flexibility index (Phi) is 2.45. The van der Waals surface area contributed by atoms with E-state index >= 15 is 0 Å². The first-order chi connectivity index (χ1) is 10.2. The minimum atomic E-state index is 0.183. The zero-order valence-electron chi connectivity index (χ0n) is 11.7. The SMILES string of the molecule is CC1(c2cncc3nc(-c4ccncc4)nc(N)c23)CC1. The van der Waals surface area contributed by atoms with E-state index in [0.717, 1.165) is 16.5 Å². The van der Waals surface area contributed by atoms with Gasteiger partial charge in [0.1, 0.15) is 5.82 Å². The predicted octanol–water partition coefficient (Wildman–Crippen LogP) is 2.72. The Labute approximate surface area is 122 Å². The molecule has 4 rings (SSSR count). The maximum atomic E-state index is 6.23. The molecule has 3 aromatic heterocycles. The molecule has 0 amide bonds. The van der Waals surface area contributed by atoms with Crippen molar-refractivity contribution in [2.45, 2.75) is 25.2 Å². The summed E-state index contributed by atoms with van der Waals surface area (Å²) in [5.74, 6) is 1.14. The molecule has 0 unspecified atom stereocenters. The minimum Gasteiger partial charge on any atom is -0.383 e. The van der Waals surface area contributed by atoms with Crippen LogP contribution in [0.2, 0.25) is 0 Å². The molecule has 5 nitrogen and oxygen atoms in total. The second-order valence-electron chi connectivity index (χ2n) is 5.81. The highest BCUT2D eigenvalue weighted by atomic mass is 15.0. The molecule has 0 spiro atoms. The monoisotopic (exact) mass is 277 g/mol. The highest BCUT2D eigenvalue weighted by Gasteiger charge is 2.41. The van der Waals surface area contributed by atoms with Crippen molar-refractivity contribution in [1.82, 2.24) is 19.9 Å². The van der Waals surface area contributed by atoms with Gasteiger partial charge in [-0.25, -0.2) is 9.97 Å². The van der Waals surface area contributed by atoms with E-state index in [1.54, 1.807) is 18.6 Å². The Morgan fingerprint density at radius 1 is 1.05 bits per heavy atom. The van der Waals surface area contributed by atoms with Gasteiger partial charge in [-0.05, 0) is 36.0 Å². The number of nitrogen functional groups attached to an aromatic ring is 1. The van der Waals surface area contributed by atoms with Crippen molar-refractivity contribution in [3.63, 3.8) is 0 Å². The molecule has 1 saturated carbocycles. The van der Waals surface area contributed by atoms with Crippen molar-refractivity contribution in [2.75, 3.05) is 5.73 Å². The summed E-state index contributed by atoms with van der Waals surface area (Å²) in [6.45, 7) is 2.24. The average molecular weight is 277 g/mol. The number of nitrogens with two attached hydrogens (primary N) is 1. The summed E-state index contributed by atoms with van der Waals surface area (Å²) in [4.78, 5) is 17.5. The van der Waals surface area contributed by atoms with Gasteiger partial charge in [0.15, 0.2) is 5.82 Å². The summed E-state index contributed by atoms with van der Waals surface area (Å²) < 4.78 is 0. The fourth-order valence-corrected chi connectivity index (χ4v) is 2.66. The molecule has 1 fully saturated rings. The van der Waals surface area contributed by atoms with E-state index in [4.69, 9.17) is 5.73 Å². The lowest BCUT2D eigenvalue weighted by Crippen LogP contribution is -2.06. The van der Waals surface area contributed by atoms with Gasteiger partial charge in [0, 0.05) is 29.5 Å². The Hall–Kier alpha value is -2.56. The zero-order valence-corrected chi connectivity index (χ0v) is 11.7. The van der Waals surface area contributed by atoms with Crippen molar-refractivity contribution in [2.24, 2.45) is 0 Å². The van der Waals surface area contributed by atoms with Crippen LogP contribution in [-0.2, 0) is 5.41 Å². The molecular weight excluding hydrogens is 262 g/mol. The van der Waals surface area contributed by atoms with Crippen LogP contribution in [0, 0.1) is 0 Å². The van der Waals surface area contributed by atoms with Crippen molar-refractivity contribution < 1.29 is 0 Å². The van der Waals surface area contributed by atoms with Crippen molar-refractivity contribution in [1.29, 1.82) is 0 Å². The summed E-state index contributed by atoms with van der Waals surface area (Å²) in [7, 11) is 0. The summed E-state index contributed by atoms with van der Waals surface area (Å²) in [6.07, 6.45) is 9.44. The van der Waals surface area contributed by atoms with Gasteiger partial charge in [-0.15, -0.1) is 0 Å². The van der Waals surface area contributed by atoms with E-state index in [2.05, 4.69) is 26.9 Å². The maximum absolute atomic E-state index is 6.23. The van der Waals surface area contributed by atoms with Crippen molar-refractivity contribution in [3.05, 3.63) is 42.5 Å². The number of nitrogens with zero attached hydrogens (tertiary/aromatic N) is 4. The Bertz CT molecular complexity index is 825. The highest BCUT2D eigenvalue weighted by molar-refractivity contribution is 5.92. The molecule has 5 heteroatoms. The van der Waals surface area contributed by atoms with Gasteiger partial charge in [0.05, 0.1) is 11.7 Å². The van der Waals surface area contributed by atoms with Gasteiger partial charge >= 0.3 is 0 Å². The standard InChI is InChI=1S/C16H15N5/c1-16(4-5-16)11-8-19-9-12-13(11)14(17)21-15(20-12)10-2-6-18-7-3-10/h2-3,6-9H,4-5H2,1H3,(H2,17,20,21). The van der Waals surface area contributed by atoms with E-state index in [1.807, 2.05) is 18.3 Å². The largest absolute Gasteiger partial charge is 0.383 e. The number of rotatable bonds is 2. The highest BCUT2D eigenvalue weighted by Crippen LogP contribution is 2.50. The van der Waals surface area contributed by atoms with Crippen molar-refractivity contribution in [3.8, 4) is 11.4 Å². The Morgan fingerprint density at radius 3 is 2.52 bits per heavy atom. The molecular formula is C16H15N5. The zero-order chi connectivity index (χ0) is 14.4. The molecule has 0 aromatic carbocycles. The number of fused-ring (bicyclic) bond motifs is 1. The van der Waals surface area contributed by atoms with Crippen LogP contribution in [0.3, 0.4) is 0 Å². The second-order valence-corrected chi connectivity index (χ2v) is 5.81. The van der Waals surface area contributed by atoms with Crippen LogP contribution in [-0.4, -0.2) is 19.9 Å². The van der Waals surface area contributed by atoms with Gasteiger partial charge in [0.2, 0.25) is 0 Å². The first kappa shape index (κ1) is 12.2. The number of pyridine rings is 2. The van der Waals surface area contributed by atoms with E-state index in [0.29, 0.717) is 11.6 Å². The number of hydrogen-bond acceptors (Lipinski definition) is 5. The van der Waals surface area contributed by atoms with Crippen molar-refractivity contribution >= 4 is 16.7 Å². The topological polar surface area (TPSA) is 77.6 Å². The summed E-state index contributed by atoms with van der Waals surface area (Å²) in [6, 6.07) is 3.75. The second kappa shape index (κ2) is 4.22. The van der Waals surface area contributed by atoms with E-state index in [1.165, 1.54) is 18.4 Å². The molecule has 0 bridgehead atoms.